The topological polar surface area (TPSA) is 99.1 Å². The summed E-state index contributed by atoms with van der Waals surface area (Å²) in [7, 11) is 1.56. The summed E-state index contributed by atoms with van der Waals surface area (Å²) in [6.07, 6.45) is 6.66. The molecule has 2 aliphatic rings. The normalized spacial score (nSPS) is 22.2. The average molecular weight is 479 g/mol. The molecule has 2 aromatic rings. The van der Waals surface area contributed by atoms with Crippen molar-refractivity contribution in [2.45, 2.75) is 63.9 Å². The standard InChI is InChI=1S/C28H30O7/c1-17-8-6-12-20(29)11-5-3-4-9-19-15-23-26(27(31)25(19)28(32)34-17)22(16-24(30)35-23)18-10-7-13-21(14-18)33-2/h4,7,9-10,13-15,17,22,31H,3,5-6,8,11-12,16H2,1-2H3/b9-4+. The Bertz CT molecular complexity index is 1160. The lowest BCUT2D eigenvalue weighted by atomic mass is 9.83. The van der Waals surface area contributed by atoms with Crippen molar-refractivity contribution >= 4 is 23.8 Å². The first-order valence-electron chi connectivity index (χ1n) is 12.0. The molecule has 0 aliphatic carbocycles. The number of ketones is 1. The minimum Gasteiger partial charge on any atom is -0.507 e. The van der Waals surface area contributed by atoms with Crippen LogP contribution in [0.25, 0.3) is 6.08 Å². The van der Waals surface area contributed by atoms with E-state index in [-0.39, 0.29) is 29.3 Å². The Morgan fingerprint density at radius 1 is 1.09 bits per heavy atom. The van der Waals surface area contributed by atoms with Gasteiger partial charge in [-0.3, -0.25) is 9.59 Å². The summed E-state index contributed by atoms with van der Waals surface area (Å²) >= 11 is 0. The van der Waals surface area contributed by atoms with Gasteiger partial charge in [-0.1, -0.05) is 24.3 Å². The zero-order valence-corrected chi connectivity index (χ0v) is 20.0. The number of benzene rings is 2. The molecule has 0 amide bonds. The van der Waals surface area contributed by atoms with Crippen molar-refractivity contribution in [2.24, 2.45) is 0 Å². The average Bonchev–Trinajstić information content (AvgIpc) is 2.82. The van der Waals surface area contributed by atoms with Gasteiger partial charge in [-0.25, -0.2) is 4.79 Å². The number of methoxy groups -OCH3 is 1. The van der Waals surface area contributed by atoms with E-state index >= 15 is 0 Å². The van der Waals surface area contributed by atoms with Gasteiger partial charge in [0.05, 0.1) is 19.6 Å². The summed E-state index contributed by atoms with van der Waals surface area (Å²) < 4.78 is 16.5. The largest absolute Gasteiger partial charge is 0.507 e. The Balaban J connectivity index is 1.81. The fraction of sp³-hybridized carbons (Fsp3) is 0.393. The molecule has 2 aromatic carbocycles. The molecule has 1 N–H and O–H groups in total. The number of carbonyl (C=O) groups is 3. The number of ether oxygens (including phenoxy) is 3. The highest BCUT2D eigenvalue weighted by Gasteiger charge is 2.35. The molecule has 35 heavy (non-hydrogen) atoms. The third kappa shape index (κ3) is 5.56. The Labute approximate surface area is 204 Å². The van der Waals surface area contributed by atoms with E-state index in [2.05, 4.69) is 0 Å². The number of allylic oxidation sites excluding steroid dienone is 1. The van der Waals surface area contributed by atoms with Crippen LogP contribution in [-0.4, -0.2) is 36.0 Å². The van der Waals surface area contributed by atoms with Crippen LogP contribution < -0.4 is 9.47 Å². The Kier molecular flexibility index (Phi) is 7.54. The maximum absolute atomic E-state index is 13.3. The Hall–Kier alpha value is -3.61. The molecule has 0 radical (unpaired) electrons. The van der Waals surface area contributed by atoms with E-state index in [0.29, 0.717) is 55.4 Å². The number of rotatable bonds is 2. The van der Waals surface area contributed by atoms with Gasteiger partial charge in [-0.05, 0) is 61.9 Å². The molecule has 0 bridgehead atoms. The maximum atomic E-state index is 13.3. The van der Waals surface area contributed by atoms with Gasteiger partial charge < -0.3 is 19.3 Å². The second-order valence-corrected chi connectivity index (χ2v) is 9.05. The van der Waals surface area contributed by atoms with Crippen LogP contribution in [0.5, 0.6) is 17.2 Å². The first kappa shape index (κ1) is 24.5. The highest BCUT2D eigenvalue weighted by molar-refractivity contribution is 5.98. The van der Waals surface area contributed by atoms with Crippen molar-refractivity contribution in [2.75, 3.05) is 7.11 Å². The van der Waals surface area contributed by atoms with Gasteiger partial charge in [-0.15, -0.1) is 0 Å². The summed E-state index contributed by atoms with van der Waals surface area (Å²) in [6.45, 7) is 1.78. The predicted molar refractivity (Wildman–Crippen MR) is 130 cm³/mol. The molecular formula is C28H30O7. The lowest BCUT2D eigenvalue weighted by molar-refractivity contribution is -0.135. The van der Waals surface area contributed by atoms with Crippen LogP contribution in [0.3, 0.4) is 0 Å². The molecule has 4 rings (SSSR count). The molecule has 2 unspecified atom stereocenters. The third-order valence-corrected chi connectivity index (χ3v) is 6.47. The second-order valence-electron chi connectivity index (χ2n) is 9.05. The molecule has 2 atom stereocenters. The number of fused-ring (bicyclic) bond motifs is 2. The Morgan fingerprint density at radius 3 is 2.69 bits per heavy atom. The lowest BCUT2D eigenvalue weighted by Crippen LogP contribution is -2.23. The number of aromatic hydroxyl groups is 1. The molecular weight excluding hydrogens is 448 g/mol. The smallest absolute Gasteiger partial charge is 0.342 e. The molecule has 2 heterocycles. The van der Waals surface area contributed by atoms with Crippen LogP contribution in [0.2, 0.25) is 0 Å². The first-order valence-corrected chi connectivity index (χ1v) is 12.0. The number of hydrogen-bond donors (Lipinski definition) is 1. The lowest BCUT2D eigenvalue weighted by Gasteiger charge is -2.28. The molecule has 7 heteroatoms. The molecule has 0 aromatic heterocycles. The molecule has 7 nitrogen and oxygen atoms in total. The minimum atomic E-state index is -0.651. The molecule has 2 aliphatic heterocycles. The van der Waals surface area contributed by atoms with Crippen molar-refractivity contribution in [1.82, 2.24) is 0 Å². The summed E-state index contributed by atoms with van der Waals surface area (Å²) in [5, 5.41) is 11.4. The molecule has 0 spiro atoms. The van der Waals surface area contributed by atoms with Crippen molar-refractivity contribution < 1.29 is 33.7 Å². The predicted octanol–water partition coefficient (Wildman–Crippen LogP) is 5.32. The molecule has 0 saturated carbocycles. The number of Topliss-reactive ketones (excluding diaryl/α,β-unsaturated/α-hetero) is 1. The number of esters is 2. The van der Waals surface area contributed by atoms with Crippen LogP contribution in [0.15, 0.2) is 36.4 Å². The van der Waals surface area contributed by atoms with Crippen LogP contribution in [-0.2, 0) is 14.3 Å². The summed E-state index contributed by atoms with van der Waals surface area (Å²) in [5.41, 5.74) is 1.59. The zero-order chi connectivity index (χ0) is 24.9. The number of carbonyl (C=O) groups excluding carboxylic acids is 3. The SMILES string of the molecule is COc1cccc(C2CC(=O)Oc3cc4c(c(O)c32)C(=O)OC(C)CCCC(=O)CCC/C=C/4)c1. The van der Waals surface area contributed by atoms with Gasteiger partial charge in [0.15, 0.2) is 0 Å². The fourth-order valence-electron chi connectivity index (χ4n) is 4.66. The van der Waals surface area contributed by atoms with Gasteiger partial charge in [0, 0.05) is 24.3 Å². The van der Waals surface area contributed by atoms with E-state index < -0.39 is 24.0 Å². The van der Waals surface area contributed by atoms with Crippen molar-refractivity contribution in [1.29, 1.82) is 0 Å². The summed E-state index contributed by atoms with van der Waals surface area (Å²) in [5.74, 6) is -0.799. The van der Waals surface area contributed by atoms with Crippen molar-refractivity contribution in [3.63, 3.8) is 0 Å². The third-order valence-electron chi connectivity index (χ3n) is 6.47. The highest BCUT2D eigenvalue weighted by Crippen LogP contribution is 2.47. The molecule has 0 fully saturated rings. The molecule has 0 saturated heterocycles. The van der Waals surface area contributed by atoms with E-state index in [9.17, 15) is 19.5 Å². The highest BCUT2D eigenvalue weighted by atomic mass is 16.5. The number of cyclic esters (lactones) is 1. The minimum absolute atomic E-state index is 0.0157. The summed E-state index contributed by atoms with van der Waals surface area (Å²) in [4.78, 5) is 37.8. The second kappa shape index (κ2) is 10.8. The zero-order valence-electron chi connectivity index (χ0n) is 20.0. The number of phenols is 1. The van der Waals surface area contributed by atoms with Gasteiger partial charge >= 0.3 is 11.9 Å². The van der Waals surface area contributed by atoms with Gasteiger partial charge in [0.25, 0.3) is 0 Å². The quantitative estimate of drug-likeness (QED) is 0.460. The van der Waals surface area contributed by atoms with Crippen LogP contribution in [0.1, 0.15) is 84.8 Å². The number of phenolic OH excluding ortho intramolecular Hbond substituents is 1. The monoisotopic (exact) mass is 478 g/mol. The van der Waals surface area contributed by atoms with Gasteiger partial charge in [-0.2, -0.15) is 0 Å². The van der Waals surface area contributed by atoms with Crippen LogP contribution >= 0.6 is 0 Å². The fourth-order valence-corrected chi connectivity index (χ4v) is 4.66. The van der Waals surface area contributed by atoms with E-state index in [1.54, 1.807) is 38.3 Å². The van der Waals surface area contributed by atoms with E-state index in [1.807, 2.05) is 18.2 Å². The summed E-state index contributed by atoms with van der Waals surface area (Å²) in [6, 6.07) is 8.87. The first-order chi connectivity index (χ1) is 16.9. The Morgan fingerprint density at radius 2 is 1.89 bits per heavy atom. The van der Waals surface area contributed by atoms with Crippen LogP contribution in [0.4, 0.5) is 0 Å². The van der Waals surface area contributed by atoms with E-state index in [1.165, 1.54) is 0 Å². The van der Waals surface area contributed by atoms with Crippen molar-refractivity contribution in [3.8, 4) is 17.2 Å². The van der Waals surface area contributed by atoms with Gasteiger partial charge in [0.2, 0.25) is 0 Å². The molecule has 184 valence electrons. The van der Waals surface area contributed by atoms with Crippen LogP contribution in [0, 0.1) is 0 Å². The van der Waals surface area contributed by atoms with Gasteiger partial charge in [0.1, 0.15) is 28.6 Å². The maximum Gasteiger partial charge on any atom is 0.342 e. The van der Waals surface area contributed by atoms with E-state index in [0.717, 1.165) is 5.56 Å². The number of hydrogen-bond acceptors (Lipinski definition) is 7. The van der Waals surface area contributed by atoms with E-state index in [4.69, 9.17) is 14.2 Å². The van der Waals surface area contributed by atoms with Crippen molar-refractivity contribution in [3.05, 3.63) is 58.7 Å².